The Morgan fingerprint density at radius 1 is 1.10 bits per heavy atom. The molecular formula is C21H19N3O4S. The van der Waals surface area contributed by atoms with Gasteiger partial charge in [-0.1, -0.05) is 30.4 Å². The zero-order chi connectivity index (χ0) is 21.3. The highest BCUT2D eigenvalue weighted by Gasteiger charge is 2.17. The zero-order valence-corrected chi connectivity index (χ0v) is 16.4. The van der Waals surface area contributed by atoms with Crippen LogP contribution in [-0.2, 0) is 20.6 Å². The molecule has 0 radical (unpaired) electrons. The van der Waals surface area contributed by atoms with Crippen molar-refractivity contribution in [1.29, 1.82) is 5.26 Å². The fourth-order valence-electron chi connectivity index (χ4n) is 2.33. The quantitative estimate of drug-likeness (QED) is 0.539. The largest absolute Gasteiger partial charge is 0.323 e. The summed E-state index contributed by atoms with van der Waals surface area (Å²) in [6, 6.07) is 13.9. The third-order valence-corrected chi connectivity index (χ3v) is 4.84. The Kier molecular flexibility index (Phi) is 7.46. The lowest BCUT2D eigenvalue weighted by Crippen LogP contribution is -2.31. The van der Waals surface area contributed by atoms with Crippen LogP contribution in [0.4, 0.5) is 5.69 Å². The average molecular weight is 409 g/mol. The molecule has 8 heteroatoms. The third-order valence-electron chi connectivity index (χ3n) is 3.63. The van der Waals surface area contributed by atoms with E-state index in [2.05, 4.69) is 5.32 Å². The number of benzene rings is 2. The molecule has 0 saturated heterocycles. The van der Waals surface area contributed by atoms with Gasteiger partial charge in [0.1, 0.15) is 0 Å². The van der Waals surface area contributed by atoms with Gasteiger partial charge in [-0.2, -0.15) is 5.26 Å². The van der Waals surface area contributed by atoms with E-state index in [4.69, 9.17) is 5.26 Å². The number of nitriles is 1. The Labute approximate surface area is 169 Å². The van der Waals surface area contributed by atoms with Gasteiger partial charge in [0.25, 0.3) is 5.91 Å². The van der Waals surface area contributed by atoms with Crippen molar-refractivity contribution in [3.63, 3.8) is 0 Å². The Morgan fingerprint density at radius 2 is 1.83 bits per heavy atom. The molecule has 29 heavy (non-hydrogen) atoms. The molecular weight excluding hydrogens is 390 g/mol. The minimum absolute atomic E-state index is 0.127. The molecule has 0 spiro atoms. The molecule has 0 aliphatic rings. The van der Waals surface area contributed by atoms with Gasteiger partial charge >= 0.3 is 0 Å². The van der Waals surface area contributed by atoms with E-state index in [1.54, 1.807) is 36.4 Å². The van der Waals surface area contributed by atoms with Crippen LogP contribution in [0.2, 0.25) is 0 Å². The van der Waals surface area contributed by atoms with E-state index in [9.17, 15) is 18.0 Å². The standard InChI is InChI=1S/C21H19N3O4S/c1-2-3-4-8-20(25)23-19-11-9-18(10-12-19)21(26)24-29(27,28)15-17-7-5-6-16(13-17)14-22/h2-13H,15H2,1H3,(H,23,25)(H,24,26). The number of hydrogen-bond donors (Lipinski definition) is 2. The molecule has 0 fully saturated rings. The summed E-state index contributed by atoms with van der Waals surface area (Å²) in [4.78, 5) is 23.9. The first kappa shape index (κ1) is 21.6. The van der Waals surface area contributed by atoms with E-state index < -0.39 is 21.7 Å². The van der Waals surface area contributed by atoms with Crippen LogP contribution in [0.25, 0.3) is 0 Å². The van der Waals surface area contributed by atoms with Crippen molar-refractivity contribution >= 4 is 27.5 Å². The number of hydrogen-bond acceptors (Lipinski definition) is 5. The van der Waals surface area contributed by atoms with Gasteiger partial charge in [0.15, 0.2) is 0 Å². The molecule has 2 rings (SSSR count). The summed E-state index contributed by atoms with van der Waals surface area (Å²) >= 11 is 0. The predicted octanol–water partition coefficient (Wildman–Crippen LogP) is 2.89. The Bertz CT molecular complexity index is 1100. The second-order valence-electron chi connectivity index (χ2n) is 5.95. The lowest BCUT2D eigenvalue weighted by atomic mass is 10.2. The molecule has 0 saturated carbocycles. The monoisotopic (exact) mass is 409 g/mol. The molecule has 0 heterocycles. The molecule has 0 bridgehead atoms. The van der Waals surface area contributed by atoms with Crippen molar-refractivity contribution < 1.29 is 18.0 Å². The maximum atomic E-state index is 12.2. The SMILES string of the molecule is CC=CC=CC(=O)Nc1ccc(C(=O)NS(=O)(=O)Cc2cccc(C#N)c2)cc1. The number of sulfonamides is 1. The van der Waals surface area contributed by atoms with Crippen molar-refractivity contribution in [1.82, 2.24) is 4.72 Å². The average Bonchev–Trinajstić information content (AvgIpc) is 2.68. The second kappa shape index (κ2) is 10.0. The predicted molar refractivity (Wildman–Crippen MR) is 110 cm³/mol. The maximum absolute atomic E-state index is 12.2. The van der Waals surface area contributed by atoms with Gasteiger partial charge in [-0.25, -0.2) is 13.1 Å². The fraction of sp³-hybridized carbons (Fsp3) is 0.0952. The number of allylic oxidation sites excluding steroid dienone is 3. The van der Waals surface area contributed by atoms with Gasteiger partial charge in [0.2, 0.25) is 15.9 Å². The van der Waals surface area contributed by atoms with Crippen LogP contribution < -0.4 is 10.0 Å². The van der Waals surface area contributed by atoms with E-state index in [0.717, 1.165) is 0 Å². The van der Waals surface area contributed by atoms with Gasteiger partial charge < -0.3 is 5.32 Å². The van der Waals surface area contributed by atoms with Crippen LogP contribution in [0.5, 0.6) is 0 Å². The van der Waals surface area contributed by atoms with Crippen molar-refractivity contribution in [2.45, 2.75) is 12.7 Å². The van der Waals surface area contributed by atoms with E-state index in [1.807, 2.05) is 17.7 Å². The van der Waals surface area contributed by atoms with Crippen molar-refractivity contribution in [3.05, 3.63) is 89.5 Å². The first-order chi connectivity index (χ1) is 13.8. The molecule has 2 aromatic carbocycles. The molecule has 148 valence electrons. The van der Waals surface area contributed by atoms with Crippen molar-refractivity contribution in [3.8, 4) is 6.07 Å². The summed E-state index contributed by atoms with van der Waals surface area (Å²) in [5.41, 5.74) is 1.32. The van der Waals surface area contributed by atoms with E-state index in [-0.39, 0.29) is 11.5 Å². The van der Waals surface area contributed by atoms with Crippen LogP contribution in [0, 0.1) is 11.3 Å². The van der Waals surface area contributed by atoms with Gasteiger partial charge in [-0.15, -0.1) is 0 Å². The van der Waals surface area contributed by atoms with Crippen LogP contribution in [-0.4, -0.2) is 20.2 Å². The van der Waals surface area contributed by atoms with Crippen molar-refractivity contribution in [2.24, 2.45) is 0 Å². The molecule has 0 aromatic heterocycles. The molecule has 0 aliphatic heterocycles. The minimum atomic E-state index is -3.94. The Hall–Kier alpha value is -3.70. The summed E-state index contributed by atoms with van der Waals surface area (Å²) in [5.74, 6) is -1.55. The van der Waals surface area contributed by atoms with Gasteiger partial charge in [0, 0.05) is 17.3 Å². The topological polar surface area (TPSA) is 116 Å². The van der Waals surface area contributed by atoms with Crippen LogP contribution in [0.3, 0.4) is 0 Å². The Morgan fingerprint density at radius 3 is 2.48 bits per heavy atom. The van der Waals surface area contributed by atoms with Gasteiger partial charge in [-0.05, 0) is 48.9 Å². The number of amides is 2. The first-order valence-corrected chi connectivity index (χ1v) is 10.2. The molecule has 7 nitrogen and oxygen atoms in total. The van der Waals surface area contributed by atoms with E-state index >= 15 is 0 Å². The number of carbonyl (C=O) groups is 2. The molecule has 2 aromatic rings. The van der Waals surface area contributed by atoms with Crippen LogP contribution >= 0.6 is 0 Å². The second-order valence-corrected chi connectivity index (χ2v) is 7.68. The van der Waals surface area contributed by atoms with E-state index in [1.165, 1.54) is 36.4 Å². The minimum Gasteiger partial charge on any atom is -0.323 e. The number of nitrogens with zero attached hydrogens (tertiary/aromatic N) is 1. The Balaban J connectivity index is 2.01. The molecule has 0 unspecified atom stereocenters. The number of carbonyl (C=O) groups excluding carboxylic acids is 2. The highest BCUT2D eigenvalue weighted by molar-refractivity contribution is 7.89. The molecule has 0 aliphatic carbocycles. The highest BCUT2D eigenvalue weighted by atomic mass is 32.2. The first-order valence-electron chi connectivity index (χ1n) is 8.57. The molecule has 2 amide bonds. The number of anilines is 1. The lowest BCUT2D eigenvalue weighted by molar-refractivity contribution is -0.111. The smallest absolute Gasteiger partial charge is 0.264 e. The van der Waals surface area contributed by atoms with Gasteiger partial charge in [-0.3, -0.25) is 9.59 Å². The van der Waals surface area contributed by atoms with Gasteiger partial charge in [0.05, 0.1) is 17.4 Å². The number of rotatable bonds is 7. The molecule has 2 N–H and O–H groups in total. The normalized spacial score (nSPS) is 11.3. The maximum Gasteiger partial charge on any atom is 0.264 e. The van der Waals surface area contributed by atoms with E-state index in [0.29, 0.717) is 16.8 Å². The summed E-state index contributed by atoms with van der Waals surface area (Å²) < 4.78 is 26.5. The zero-order valence-electron chi connectivity index (χ0n) is 15.6. The van der Waals surface area contributed by atoms with Crippen LogP contribution in [0.15, 0.2) is 72.8 Å². The van der Waals surface area contributed by atoms with Crippen molar-refractivity contribution in [2.75, 3.05) is 5.32 Å². The fourth-order valence-corrected chi connectivity index (χ4v) is 3.42. The summed E-state index contributed by atoms with van der Waals surface area (Å²) in [5, 5.41) is 11.5. The highest BCUT2D eigenvalue weighted by Crippen LogP contribution is 2.12. The summed E-state index contributed by atoms with van der Waals surface area (Å²) in [6.45, 7) is 1.83. The summed E-state index contributed by atoms with van der Waals surface area (Å²) in [6.07, 6.45) is 6.44. The van der Waals surface area contributed by atoms with Crippen LogP contribution in [0.1, 0.15) is 28.4 Å². The molecule has 0 atom stereocenters. The third kappa shape index (κ3) is 7.08. The lowest BCUT2D eigenvalue weighted by Gasteiger charge is -2.08. The summed E-state index contributed by atoms with van der Waals surface area (Å²) in [7, 11) is -3.94. The number of nitrogens with one attached hydrogen (secondary N) is 2.